The number of nitrogens with one attached hydrogen (secondary N) is 1. The van der Waals surface area contributed by atoms with Gasteiger partial charge in [0.15, 0.2) is 0 Å². The molecule has 34 heavy (non-hydrogen) atoms. The fourth-order valence-electron chi connectivity index (χ4n) is 4.10. The van der Waals surface area contributed by atoms with Crippen molar-refractivity contribution in [2.24, 2.45) is 11.8 Å². The summed E-state index contributed by atoms with van der Waals surface area (Å²) < 4.78 is 26.9. The van der Waals surface area contributed by atoms with E-state index in [4.69, 9.17) is 0 Å². The Labute approximate surface area is 210 Å². The summed E-state index contributed by atoms with van der Waals surface area (Å²) in [7, 11) is 2.04. The number of amides is 1. The zero-order valence-electron chi connectivity index (χ0n) is 21.2. The van der Waals surface area contributed by atoms with Crippen LogP contribution in [0.4, 0.5) is 8.78 Å². The molecule has 6 heteroatoms. The standard InChI is InChI=1S/C28H40F2N2O.ClH/c1-20(2)16-18-32(5)27(19-21(3)4)28(33)31-17-6-7-26(22-8-12-24(29)13-9-22)23-10-14-25(30)15-11-23;/h8-15,20-21,26-27H,6-7,16-19H2,1-5H3,(H,31,33);1H/t27-;/m0./s1. The minimum atomic E-state index is -0.276. The predicted molar refractivity (Wildman–Crippen MR) is 139 cm³/mol. The highest BCUT2D eigenvalue weighted by atomic mass is 35.5. The maximum atomic E-state index is 13.4. The Morgan fingerprint density at radius 3 is 1.79 bits per heavy atom. The Morgan fingerprint density at radius 2 is 1.35 bits per heavy atom. The van der Waals surface area contributed by atoms with E-state index in [-0.39, 0.29) is 41.9 Å². The lowest BCUT2D eigenvalue weighted by molar-refractivity contribution is -0.126. The summed E-state index contributed by atoms with van der Waals surface area (Å²) in [5.74, 6) is 0.579. The number of carbonyl (C=O) groups excluding carboxylic acids is 1. The maximum Gasteiger partial charge on any atom is 0.237 e. The monoisotopic (exact) mass is 494 g/mol. The zero-order chi connectivity index (χ0) is 24.4. The van der Waals surface area contributed by atoms with Gasteiger partial charge in [-0.2, -0.15) is 0 Å². The fraction of sp³-hybridized carbons (Fsp3) is 0.536. The van der Waals surface area contributed by atoms with Gasteiger partial charge in [-0.25, -0.2) is 8.78 Å². The molecule has 0 bridgehead atoms. The number of rotatable bonds is 13. The largest absolute Gasteiger partial charge is 0.355 e. The van der Waals surface area contributed by atoms with Gasteiger partial charge in [-0.15, -0.1) is 12.4 Å². The third-order valence-corrected chi connectivity index (χ3v) is 6.10. The van der Waals surface area contributed by atoms with E-state index >= 15 is 0 Å². The number of halogens is 3. The summed E-state index contributed by atoms with van der Waals surface area (Å²) in [5, 5.41) is 3.13. The van der Waals surface area contributed by atoms with Gasteiger partial charge >= 0.3 is 0 Å². The number of likely N-dealkylation sites (N-methyl/N-ethyl adjacent to an activating group) is 1. The van der Waals surface area contributed by atoms with Crippen LogP contribution in [0.1, 0.15) is 70.4 Å². The number of hydrogen-bond acceptors (Lipinski definition) is 2. The van der Waals surface area contributed by atoms with Crippen molar-refractivity contribution < 1.29 is 13.6 Å². The van der Waals surface area contributed by atoms with Crippen LogP contribution in [0.2, 0.25) is 0 Å². The van der Waals surface area contributed by atoms with E-state index in [2.05, 4.69) is 37.9 Å². The molecule has 0 saturated heterocycles. The molecule has 0 aliphatic rings. The van der Waals surface area contributed by atoms with E-state index in [9.17, 15) is 13.6 Å². The van der Waals surface area contributed by atoms with Crippen LogP contribution < -0.4 is 5.32 Å². The molecular formula is C28H41ClF2N2O. The molecule has 0 heterocycles. The number of benzene rings is 2. The molecule has 0 aliphatic heterocycles. The van der Waals surface area contributed by atoms with Crippen molar-refractivity contribution in [2.75, 3.05) is 20.1 Å². The molecule has 0 radical (unpaired) electrons. The summed E-state index contributed by atoms with van der Waals surface area (Å²) in [5.41, 5.74) is 1.97. The summed E-state index contributed by atoms with van der Waals surface area (Å²) in [6, 6.07) is 12.8. The van der Waals surface area contributed by atoms with Crippen LogP contribution in [0, 0.1) is 23.5 Å². The molecule has 2 aromatic carbocycles. The summed E-state index contributed by atoms with van der Waals surface area (Å²) in [6.45, 7) is 10.2. The van der Waals surface area contributed by atoms with Crippen molar-refractivity contribution >= 4 is 18.3 Å². The van der Waals surface area contributed by atoms with Gasteiger partial charge in [0.05, 0.1) is 6.04 Å². The molecule has 0 unspecified atom stereocenters. The molecule has 2 aromatic rings. The van der Waals surface area contributed by atoms with Crippen LogP contribution >= 0.6 is 12.4 Å². The minimum absolute atomic E-state index is 0. The first-order chi connectivity index (χ1) is 15.7. The van der Waals surface area contributed by atoms with Gasteiger partial charge in [0, 0.05) is 12.5 Å². The van der Waals surface area contributed by atoms with E-state index in [1.165, 1.54) is 24.3 Å². The lowest BCUT2D eigenvalue weighted by atomic mass is 9.87. The van der Waals surface area contributed by atoms with Crippen LogP contribution in [0.15, 0.2) is 48.5 Å². The summed E-state index contributed by atoms with van der Waals surface area (Å²) in [4.78, 5) is 15.2. The second kappa shape index (κ2) is 15.1. The molecule has 0 saturated carbocycles. The Morgan fingerprint density at radius 1 is 0.853 bits per heavy atom. The van der Waals surface area contributed by atoms with E-state index in [1.54, 1.807) is 24.3 Å². The molecular weight excluding hydrogens is 454 g/mol. The fourth-order valence-corrected chi connectivity index (χ4v) is 4.10. The molecule has 0 spiro atoms. The van der Waals surface area contributed by atoms with E-state index in [0.29, 0.717) is 18.4 Å². The highest BCUT2D eigenvalue weighted by molar-refractivity contribution is 5.85. The third kappa shape index (κ3) is 10.1. The first kappa shape index (κ1) is 30.1. The number of nitrogens with zero attached hydrogens (tertiary/aromatic N) is 1. The van der Waals surface area contributed by atoms with E-state index in [0.717, 1.165) is 43.4 Å². The molecule has 0 aromatic heterocycles. The van der Waals surface area contributed by atoms with Gasteiger partial charge in [0.2, 0.25) is 5.91 Å². The van der Waals surface area contributed by atoms with Crippen molar-refractivity contribution in [3.63, 3.8) is 0 Å². The third-order valence-electron chi connectivity index (χ3n) is 6.10. The van der Waals surface area contributed by atoms with Crippen LogP contribution in [-0.2, 0) is 4.79 Å². The topological polar surface area (TPSA) is 32.3 Å². The molecule has 1 N–H and O–H groups in total. The summed E-state index contributed by atoms with van der Waals surface area (Å²) in [6.07, 6.45) is 3.44. The normalized spacial score (nSPS) is 12.3. The van der Waals surface area contributed by atoms with Gasteiger partial charge in [-0.1, -0.05) is 52.0 Å². The van der Waals surface area contributed by atoms with Crippen LogP contribution in [0.25, 0.3) is 0 Å². The summed E-state index contributed by atoms with van der Waals surface area (Å²) >= 11 is 0. The minimum Gasteiger partial charge on any atom is -0.355 e. The van der Waals surface area contributed by atoms with Crippen LogP contribution in [0.3, 0.4) is 0 Å². The Balaban J connectivity index is 0.00000578. The van der Waals surface area contributed by atoms with Crippen LogP contribution in [-0.4, -0.2) is 37.0 Å². The zero-order valence-corrected chi connectivity index (χ0v) is 22.0. The highest BCUT2D eigenvalue weighted by Gasteiger charge is 2.24. The van der Waals surface area contributed by atoms with Crippen molar-refractivity contribution in [1.29, 1.82) is 0 Å². The van der Waals surface area contributed by atoms with E-state index < -0.39 is 0 Å². The second-order valence-corrected chi connectivity index (χ2v) is 9.90. The lowest BCUT2D eigenvalue weighted by Gasteiger charge is -2.29. The number of hydrogen-bond donors (Lipinski definition) is 1. The molecule has 0 fully saturated rings. The maximum absolute atomic E-state index is 13.4. The van der Waals surface area contributed by atoms with Gasteiger partial charge in [0.25, 0.3) is 0 Å². The average Bonchev–Trinajstić information content (AvgIpc) is 2.77. The lowest BCUT2D eigenvalue weighted by Crippen LogP contribution is -2.46. The predicted octanol–water partition coefficient (Wildman–Crippen LogP) is 6.81. The molecule has 3 nitrogen and oxygen atoms in total. The van der Waals surface area contributed by atoms with Gasteiger partial charge < -0.3 is 5.32 Å². The molecule has 1 amide bonds. The van der Waals surface area contributed by atoms with Crippen molar-refractivity contribution in [1.82, 2.24) is 10.2 Å². The SMILES string of the molecule is CC(C)CCN(C)[C@@H](CC(C)C)C(=O)NCCCC(c1ccc(F)cc1)c1ccc(F)cc1.Cl. The Kier molecular flexibility index (Phi) is 13.4. The van der Waals surface area contributed by atoms with Crippen molar-refractivity contribution in [3.8, 4) is 0 Å². The molecule has 1 atom stereocenters. The van der Waals surface area contributed by atoms with Gasteiger partial charge in [-0.3, -0.25) is 9.69 Å². The van der Waals surface area contributed by atoms with Crippen molar-refractivity contribution in [3.05, 3.63) is 71.3 Å². The number of carbonyl (C=O) groups is 1. The molecule has 190 valence electrons. The van der Waals surface area contributed by atoms with Crippen molar-refractivity contribution in [2.45, 2.75) is 65.3 Å². The molecule has 0 aliphatic carbocycles. The highest BCUT2D eigenvalue weighted by Crippen LogP contribution is 2.29. The molecule has 2 rings (SSSR count). The quantitative estimate of drug-likeness (QED) is 0.310. The van der Waals surface area contributed by atoms with Crippen LogP contribution in [0.5, 0.6) is 0 Å². The first-order valence-corrected chi connectivity index (χ1v) is 12.2. The second-order valence-electron chi connectivity index (χ2n) is 9.90. The Hall–Kier alpha value is -1.98. The van der Waals surface area contributed by atoms with Gasteiger partial charge in [-0.05, 0) is 86.5 Å². The Bertz CT molecular complexity index is 795. The average molecular weight is 495 g/mol. The smallest absolute Gasteiger partial charge is 0.237 e. The first-order valence-electron chi connectivity index (χ1n) is 12.2. The van der Waals surface area contributed by atoms with E-state index in [1.807, 2.05) is 7.05 Å². The van der Waals surface area contributed by atoms with Gasteiger partial charge in [0.1, 0.15) is 11.6 Å².